The van der Waals surface area contributed by atoms with Crippen LogP contribution in [0.25, 0.3) is 0 Å². The normalized spacial score (nSPS) is 39.3. The molecule has 2 saturated heterocycles. The standard InChI is InChI=1S/C15H28O7/c1-15(2)10(6-9(18-4)7-17-3)22-12-11(13(15)19-5)20-8-21-14(12)16/h9-14,16H,6-8H2,1-5H3/t9-,10+,11-,12-,13+,14+/m0/s1. The summed E-state index contributed by atoms with van der Waals surface area (Å²) in [7, 11) is 4.94. The lowest BCUT2D eigenvalue weighted by Crippen LogP contribution is -2.65. The highest BCUT2D eigenvalue weighted by atomic mass is 16.8. The summed E-state index contributed by atoms with van der Waals surface area (Å²) in [6.07, 6.45) is -1.80. The number of hydrogen-bond donors (Lipinski definition) is 1. The lowest BCUT2D eigenvalue weighted by molar-refractivity contribution is -0.362. The molecule has 7 nitrogen and oxygen atoms in total. The maximum absolute atomic E-state index is 10.1. The molecule has 2 aliphatic rings. The van der Waals surface area contributed by atoms with Crippen molar-refractivity contribution in [1.29, 1.82) is 0 Å². The van der Waals surface area contributed by atoms with Crippen molar-refractivity contribution in [1.82, 2.24) is 0 Å². The number of aliphatic hydroxyl groups is 1. The fourth-order valence-corrected chi connectivity index (χ4v) is 3.37. The van der Waals surface area contributed by atoms with Crippen molar-refractivity contribution < 1.29 is 33.5 Å². The molecule has 0 unspecified atom stereocenters. The molecule has 0 amide bonds. The van der Waals surface area contributed by atoms with Gasteiger partial charge in [0, 0.05) is 33.2 Å². The fourth-order valence-electron chi connectivity index (χ4n) is 3.37. The van der Waals surface area contributed by atoms with Crippen LogP contribution in [-0.4, -0.2) is 76.6 Å². The van der Waals surface area contributed by atoms with Gasteiger partial charge in [0.05, 0.1) is 24.9 Å². The van der Waals surface area contributed by atoms with Gasteiger partial charge in [-0.1, -0.05) is 13.8 Å². The Hall–Kier alpha value is -0.280. The van der Waals surface area contributed by atoms with E-state index >= 15 is 0 Å². The maximum atomic E-state index is 10.1. The van der Waals surface area contributed by atoms with E-state index in [1.54, 1.807) is 21.3 Å². The summed E-state index contributed by atoms with van der Waals surface area (Å²) in [6, 6.07) is 0. The molecular weight excluding hydrogens is 292 g/mol. The fraction of sp³-hybridized carbons (Fsp3) is 1.00. The molecule has 2 fully saturated rings. The number of fused-ring (bicyclic) bond motifs is 1. The van der Waals surface area contributed by atoms with Crippen molar-refractivity contribution in [3.05, 3.63) is 0 Å². The quantitative estimate of drug-likeness (QED) is 0.765. The van der Waals surface area contributed by atoms with Crippen molar-refractivity contribution in [2.24, 2.45) is 5.41 Å². The first-order valence-corrected chi connectivity index (χ1v) is 7.57. The molecule has 0 aromatic rings. The molecule has 0 aromatic heterocycles. The summed E-state index contributed by atoms with van der Waals surface area (Å²) in [5, 5.41) is 10.1. The van der Waals surface area contributed by atoms with Crippen molar-refractivity contribution in [2.75, 3.05) is 34.7 Å². The minimum Gasteiger partial charge on any atom is -0.382 e. The Labute approximate surface area is 131 Å². The lowest BCUT2D eigenvalue weighted by atomic mass is 9.72. The zero-order chi connectivity index (χ0) is 16.3. The van der Waals surface area contributed by atoms with Gasteiger partial charge in [-0.25, -0.2) is 0 Å². The van der Waals surface area contributed by atoms with E-state index in [0.717, 1.165) is 0 Å². The first-order chi connectivity index (χ1) is 10.5. The second-order valence-corrected chi connectivity index (χ2v) is 6.42. The van der Waals surface area contributed by atoms with E-state index in [9.17, 15) is 5.11 Å². The molecule has 0 radical (unpaired) electrons. The van der Waals surface area contributed by atoms with Crippen LogP contribution in [0, 0.1) is 5.41 Å². The van der Waals surface area contributed by atoms with Crippen LogP contribution in [-0.2, 0) is 28.4 Å². The highest BCUT2D eigenvalue weighted by molar-refractivity contribution is 5.01. The van der Waals surface area contributed by atoms with E-state index in [0.29, 0.717) is 13.0 Å². The Bertz CT molecular complexity index is 349. The van der Waals surface area contributed by atoms with Crippen LogP contribution in [0.4, 0.5) is 0 Å². The summed E-state index contributed by atoms with van der Waals surface area (Å²) in [5.74, 6) is 0. The number of ether oxygens (including phenoxy) is 6. The Morgan fingerprint density at radius 3 is 2.50 bits per heavy atom. The highest BCUT2D eigenvalue weighted by Gasteiger charge is 2.55. The number of hydrogen-bond acceptors (Lipinski definition) is 7. The van der Waals surface area contributed by atoms with Crippen LogP contribution in [0.3, 0.4) is 0 Å². The SMILES string of the molecule is COC[C@H](C[C@H]1O[C@H]2[C@H](OCO[C@H]2O)[C@@H](OC)C1(C)C)OC. The van der Waals surface area contributed by atoms with Gasteiger partial charge in [0.2, 0.25) is 0 Å². The van der Waals surface area contributed by atoms with Gasteiger partial charge < -0.3 is 33.5 Å². The smallest absolute Gasteiger partial charge is 0.186 e. The third-order valence-corrected chi connectivity index (χ3v) is 4.70. The van der Waals surface area contributed by atoms with E-state index in [-0.39, 0.29) is 36.6 Å². The Balaban J connectivity index is 2.18. The van der Waals surface area contributed by atoms with Crippen LogP contribution in [0.1, 0.15) is 20.3 Å². The lowest BCUT2D eigenvalue weighted by Gasteiger charge is -2.53. The average Bonchev–Trinajstić information content (AvgIpc) is 2.48. The van der Waals surface area contributed by atoms with Gasteiger partial charge in [-0.3, -0.25) is 0 Å². The summed E-state index contributed by atoms with van der Waals surface area (Å²) in [6.45, 7) is 4.67. The summed E-state index contributed by atoms with van der Waals surface area (Å²) >= 11 is 0. The van der Waals surface area contributed by atoms with Gasteiger partial charge in [0.15, 0.2) is 13.1 Å². The molecule has 2 aliphatic heterocycles. The number of rotatable bonds is 6. The Morgan fingerprint density at radius 2 is 1.91 bits per heavy atom. The molecule has 0 aromatic carbocycles. The van der Waals surface area contributed by atoms with Crippen molar-refractivity contribution >= 4 is 0 Å². The second-order valence-electron chi connectivity index (χ2n) is 6.42. The molecule has 2 rings (SSSR count). The average molecular weight is 320 g/mol. The van der Waals surface area contributed by atoms with Gasteiger partial charge in [-0.05, 0) is 0 Å². The molecule has 0 spiro atoms. The molecule has 1 N–H and O–H groups in total. The highest BCUT2D eigenvalue weighted by Crippen LogP contribution is 2.43. The number of aliphatic hydroxyl groups excluding tert-OH is 1. The van der Waals surface area contributed by atoms with E-state index in [2.05, 4.69) is 13.8 Å². The zero-order valence-electron chi connectivity index (χ0n) is 14.0. The molecule has 0 bridgehead atoms. The number of methoxy groups -OCH3 is 3. The summed E-state index contributed by atoms with van der Waals surface area (Å²) in [5.41, 5.74) is -0.308. The van der Waals surface area contributed by atoms with Crippen LogP contribution in [0.2, 0.25) is 0 Å². The third kappa shape index (κ3) is 3.46. The third-order valence-electron chi connectivity index (χ3n) is 4.70. The minimum atomic E-state index is -1.02. The Kier molecular flexibility index (Phi) is 6.18. The van der Waals surface area contributed by atoms with E-state index in [1.165, 1.54) is 0 Å². The van der Waals surface area contributed by atoms with Crippen molar-refractivity contribution in [2.45, 2.75) is 57.1 Å². The summed E-state index contributed by atoms with van der Waals surface area (Å²) in [4.78, 5) is 0. The van der Waals surface area contributed by atoms with Gasteiger partial charge in [0.25, 0.3) is 0 Å². The van der Waals surface area contributed by atoms with Gasteiger partial charge in [-0.2, -0.15) is 0 Å². The second kappa shape index (κ2) is 7.53. The Morgan fingerprint density at radius 1 is 1.18 bits per heavy atom. The van der Waals surface area contributed by atoms with E-state index in [4.69, 9.17) is 28.4 Å². The first kappa shape index (κ1) is 18.1. The monoisotopic (exact) mass is 320 g/mol. The minimum absolute atomic E-state index is 0.0384. The summed E-state index contributed by atoms with van der Waals surface area (Å²) < 4.78 is 33.2. The molecular formula is C15H28O7. The first-order valence-electron chi connectivity index (χ1n) is 7.57. The van der Waals surface area contributed by atoms with Gasteiger partial charge in [0.1, 0.15) is 12.2 Å². The van der Waals surface area contributed by atoms with Crippen LogP contribution >= 0.6 is 0 Å². The molecule has 0 aliphatic carbocycles. The van der Waals surface area contributed by atoms with Crippen LogP contribution in [0.5, 0.6) is 0 Å². The largest absolute Gasteiger partial charge is 0.382 e. The van der Waals surface area contributed by atoms with Gasteiger partial charge in [-0.15, -0.1) is 0 Å². The molecule has 22 heavy (non-hydrogen) atoms. The maximum Gasteiger partial charge on any atom is 0.186 e. The van der Waals surface area contributed by atoms with Crippen molar-refractivity contribution in [3.63, 3.8) is 0 Å². The van der Waals surface area contributed by atoms with Gasteiger partial charge >= 0.3 is 0 Å². The topological polar surface area (TPSA) is 75.6 Å². The predicted octanol–water partition coefficient (Wildman–Crippen LogP) is 0.538. The van der Waals surface area contributed by atoms with Crippen LogP contribution in [0.15, 0.2) is 0 Å². The molecule has 7 heteroatoms. The van der Waals surface area contributed by atoms with E-state index < -0.39 is 12.4 Å². The predicted molar refractivity (Wildman–Crippen MR) is 77.4 cm³/mol. The van der Waals surface area contributed by atoms with Crippen LogP contribution < -0.4 is 0 Å². The molecule has 2 heterocycles. The van der Waals surface area contributed by atoms with E-state index in [1.807, 2.05) is 0 Å². The molecule has 130 valence electrons. The van der Waals surface area contributed by atoms with Crippen molar-refractivity contribution in [3.8, 4) is 0 Å². The zero-order valence-corrected chi connectivity index (χ0v) is 14.0. The molecule has 6 atom stereocenters. The molecule has 0 saturated carbocycles.